The molecule has 23 heteroatoms. The van der Waals surface area contributed by atoms with E-state index in [0.29, 0.717) is 82.2 Å². The molecule has 582 valence electrons. The van der Waals surface area contributed by atoms with Crippen LogP contribution in [0.4, 0.5) is 20.2 Å². The molecule has 1 aromatic heterocycles. The van der Waals surface area contributed by atoms with Crippen LogP contribution in [-0.4, -0.2) is 112 Å². The second kappa shape index (κ2) is 38.7. The van der Waals surface area contributed by atoms with E-state index in [0.717, 1.165) is 106 Å². The highest BCUT2D eigenvalue weighted by Crippen LogP contribution is 2.49. The number of hydrogen-bond acceptors (Lipinski definition) is 15. The molecule has 0 saturated carbocycles. The van der Waals surface area contributed by atoms with Crippen molar-refractivity contribution in [1.82, 2.24) is 20.9 Å². The highest BCUT2D eigenvalue weighted by molar-refractivity contribution is 6.11. The Labute approximate surface area is 654 Å². The molecular formula is C90H88F2N6O15. The van der Waals surface area contributed by atoms with Gasteiger partial charge in [-0.2, -0.15) is 0 Å². The molecule has 3 amide bonds. The standard InChI is InChI=1S/C31H32N2O6.C30H29FN2O5.C29H27FN2O4/c1-19-24(12-21-13-27(38-3)31(28(14-21)39-4)33-18-30(35)36)23-11-10-22(37-2)15-26(23)25(19)16-29(34)32-17-20-8-6-5-7-9-20;1-18-24(12-19-13-27(37-2)23(9-10-30(35)36)28(14-19)38-3)22-8-7-20(31)15-26(22)25(18)16-29(34)33-17-21-6-4-5-11-32-21;1-18-23(12-20-8-11-26(27(13-20)36-2)31-17-29(34)35)22-10-9-21(30)14-25(22)24(18)15-28(33)32-16-19-6-4-3-5-7-19/h5-15,33H,16-18H2,1-4H3,(H,32,34)(H,35,36);4-8,11-15H,9-10,16-17H2,1-3H3,(H,33,34)(H,35,36);3-14,31H,15-17H2,1-2H3,(H,32,33)(H,34,35)/b2*24-12-;23-12-. The third kappa shape index (κ3) is 21.1. The van der Waals surface area contributed by atoms with Gasteiger partial charge >= 0.3 is 17.9 Å². The molecule has 0 bridgehead atoms. The van der Waals surface area contributed by atoms with E-state index in [1.165, 1.54) is 59.8 Å². The smallest absolute Gasteiger partial charge is 0.322 e. The lowest BCUT2D eigenvalue weighted by atomic mass is 9.98. The Morgan fingerprint density at radius 2 is 0.823 bits per heavy atom. The summed E-state index contributed by atoms with van der Waals surface area (Å²) in [6.07, 6.45) is 8.24. The summed E-state index contributed by atoms with van der Waals surface area (Å²) in [7, 11) is 9.23. The SMILES string of the molecule is COc1cc(/C=C2/C(C)=C(CC(=O)NCc3ccccc3)c3cc(F)ccc32)ccc1NCC(=O)O.COc1cc(/C=C2/C(C)=C(CC(=O)NCc3ccccn3)c3cc(F)ccc32)cc(OC)c1CCC(=O)O.COc1ccc2c(c1)C(CC(=O)NCc1ccccc1)=C(C)/C2=C/c1cc(OC)c(NCC(=O)O)c(OC)c1. The summed E-state index contributed by atoms with van der Waals surface area (Å²) >= 11 is 0. The van der Waals surface area contributed by atoms with Crippen molar-refractivity contribution in [3.63, 3.8) is 0 Å². The fourth-order valence-electron chi connectivity index (χ4n) is 13.6. The average Bonchev–Trinajstić information content (AvgIpc) is 1.63. The van der Waals surface area contributed by atoms with Gasteiger partial charge in [0.05, 0.1) is 79.8 Å². The Hall–Kier alpha value is -13.6. The molecule has 21 nitrogen and oxygen atoms in total. The summed E-state index contributed by atoms with van der Waals surface area (Å²) in [5.41, 5.74) is 19.8. The van der Waals surface area contributed by atoms with Gasteiger partial charge in [0.15, 0.2) is 0 Å². The molecular weight excluding hydrogens is 1440 g/mol. The number of carbonyl (C=O) groups is 6. The van der Waals surface area contributed by atoms with Gasteiger partial charge in [-0.1, -0.05) is 91.0 Å². The van der Waals surface area contributed by atoms with Crippen molar-refractivity contribution in [2.45, 2.75) is 72.5 Å². The second-order valence-electron chi connectivity index (χ2n) is 26.5. The van der Waals surface area contributed by atoms with Gasteiger partial charge in [0, 0.05) is 31.3 Å². The van der Waals surface area contributed by atoms with Crippen LogP contribution in [-0.2, 0) is 54.8 Å². The first-order valence-corrected chi connectivity index (χ1v) is 36.1. The highest BCUT2D eigenvalue weighted by Gasteiger charge is 2.30. The van der Waals surface area contributed by atoms with Gasteiger partial charge in [-0.05, 0) is 242 Å². The zero-order chi connectivity index (χ0) is 80.8. The summed E-state index contributed by atoms with van der Waals surface area (Å²) in [5.74, 6) is -0.849. The van der Waals surface area contributed by atoms with Gasteiger partial charge in [0.1, 0.15) is 64.9 Å². The molecule has 0 saturated heterocycles. The molecule has 0 spiro atoms. The van der Waals surface area contributed by atoms with E-state index in [-0.39, 0.29) is 74.5 Å². The summed E-state index contributed by atoms with van der Waals surface area (Å²) in [6, 6.07) is 52.7. The first-order valence-electron chi connectivity index (χ1n) is 36.1. The van der Waals surface area contributed by atoms with E-state index in [1.54, 1.807) is 37.6 Å². The van der Waals surface area contributed by atoms with Crippen LogP contribution in [0.25, 0.3) is 51.7 Å². The monoisotopic (exact) mass is 1530 g/mol. The number of carboxylic acid groups (broad SMARTS) is 3. The number of nitrogens with zero attached hydrogens (tertiary/aromatic N) is 1. The molecule has 113 heavy (non-hydrogen) atoms. The maximum Gasteiger partial charge on any atom is 0.322 e. The third-order valence-corrected chi connectivity index (χ3v) is 19.2. The first kappa shape index (κ1) is 81.9. The molecule has 12 rings (SSSR count). The number of hydrogen-bond donors (Lipinski definition) is 8. The van der Waals surface area contributed by atoms with Crippen LogP contribution in [0.5, 0.6) is 34.5 Å². The number of methoxy groups -OCH3 is 6. The van der Waals surface area contributed by atoms with Crippen molar-refractivity contribution >= 4 is 98.7 Å². The number of aliphatic carboxylic acids is 3. The number of allylic oxidation sites excluding steroid dienone is 6. The number of pyridine rings is 1. The Balaban J connectivity index is 0.000000180. The number of halogens is 2. The number of carbonyl (C=O) groups excluding carboxylic acids is 3. The minimum Gasteiger partial charge on any atom is -0.497 e. The summed E-state index contributed by atoms with van der Waals surface area (Å²) in [5, 5.41) is 41.7. The maximum absolute atomic E-state index is 14.3. The number of aromatic nitrogens is 1. The summed E-state index contributed by atoms with van der Waals surface area (Å²) in [4.78, 5) is 75.9. The van der Waals surface area contributed by atoms with Gasteiger partial charge in [0.25, 0.3) is 0 Å². The zero-order valence-electron chi connectivity index (χ0n) is 64.1. The Morgan fingerprint density at radius 3 is 1.26 bits per heavy atom. The minimum atomic E-state index is -0.996. The van der Waals surface area contributed by atoms with E-state index in [2.05, 4.69) is 31.6 Å². The summed E-state index contributed by atoms with van der Waals surface area (Å²) < 4.78 is 61.6. The fourth-order valence-corrected chi connectivity index (χ4v) is 13.6. The predicted molar refractivity (Wildman–Crippen MR) is 434 cm³/mol. The number of anilines is 2. The molecule has 0 radical (unpaired) electrons. The number of benzene rings is 8. The normalized spacial score (nSPS) is 13.4. The van der Waals surface area contributed by atoms with Crippen molar-refractivity contribution in [3.05, 3.63) is 283 Å². The van der Waals surface area contributed by atoms with Gasteiger partial charge < -0.3 is 70.3 Å². The lowest BCUT2D eigenvalue weighted by molar-refractivity contribution is -0.137. The predicted octanol–water partition coefficient (Wildman–Crippen LogP) is 15.9. The third-order valence-electron chi connectivity index (χ3n) is 19.2. The quantitative estimate of drug-likeness (QED) is 0.0208. The lowest BCUT2D eigenvalue weighted by Gasteiger charge is -2.15. The number of ether oxygens (including phenoxy) is 6. The molecule has 0 atom stereocenters. The molecule has 8 N–H and O–H groups in total. The summed E-state index contributed by atoms with van der Waals surface area (Å²) in [6.45, 7) is 6.54. The van der Waals surface area contributed by atoms with Crippen molar-refractivity contribution < 1.29 is 81.3 Å². The van der Waals surface area contributed by atoms with Crippen molar-refractivity contribution in [3.8, 4) is 34.5 Å². The Morgan fingerprint density at radius 1 is 0.407 bits per heavy atom. The van der Waals surface area contributed by atoms with Gasteiger partial charge in [-0.3, -0.25) is 33.8 Å². The molecule has 3 aliphatic carbocycles. The molecule has 3 aliphatic rings. The van der Waals surface area contributed by atoms with Crippen LogP contribution in [0.1, 0.15) is 119 Å². The van der Waals surface area contributed by atoms with Gasteiger partial charge in [-0.25, -0.2) is 8.78 Å². The molecule has 8 aromatic carbocycles. The minimum absolute atomic E-state index is 0.0559. The fraction of sp³-hybridized carbons (Fsp3) is 0.211. The topological polar surface area (TPSA) is 292 Å². The van der Waals surface area contributed by atoms with Crippen molar-refractivity contribution in [2.24, 2.45) is 0 Å². The molecule has 0 aliphatic heterocycles. The lowest BCUT2D eigenvalue weighted by Crippen LogP contribution is -2.23. The van der Waals surface area contributed by atoms with E-state index in [1.807, 2.05) is 166 Å². The van der Waals surface area contributed by atoms with Crippen LogP contribution < -0.4 is 55.0 Å². The number of rotatable bonds is 30. The van der Waals surface area contributed by atoms with Crippen LogP contribution in [0.3, 0.4) is 0 Å². The highest BCUT2D eigenvalue weighted by atomic mass is 19.1. The second-order valence-corrected chi connectivity index (χ2v) is 26.5. The number of fused-ring (bicyclic) bond motifs is 3. The van der Waals surface area contributed by atoms with E-state index >= 15 is 0 Å². The van der Waals surface area contributed by atoms with Crippen molar-refractivity contribution in [1.29, 1.82) is 0 Å². The van der Waals surface area contributed by atoms with Crippen LogP contribution in [0.15, 0.2) is 199 Å². The molecule has 9 aromatic rings. The molecule has 0 unspecified atom stereocenters. The van der Waals surface area contributed by atoms with Crippen molar-refractivity contribution in [2.75, 3.05) is 66.4 Å². The van der Waals surface area contributed by atoms with Gasteiger partial charge in [-0.15, -0.1) is 0 Å². The van der Waals surface area contributed by atoms with E-state index < -0.39 is 17.9 Å². The van der Waals surface area contributed by atoms with E-state index in [9.17, 15) is 37.5 Å². The first-order chi connectivity index (χ1) is 54.5. The van der Waals surface area contributed by atoms with E-state index in [4.69, 9.17) is 43.7 Å². The van der Waals surface area contributed by atoms with Gasteiger partial charge in [0.2, 0.25) is 17.7 Å². The number of carboxylic acids is 3. The van der Waals surface area contributed by atoms with Crippen LogP contribution in [0.2, 0.25) is 0 Å². The maximum atomic E-state index is 14.3. The Bertz CT molecular complexity index is 5220. The average molecular weight is 1530 g/mol. The van der Waals surface area contributed by atoms with Crippen LogP contribution in [0, 0.1) is 11.6 Å². The molecule has 1 heterocycles. The van der Waals surface area contributed by atoms with Crippen LogP contribution >= 0.6 is 0 Å². The Kier molecular flexibility index (Phi) is 28.0. The number of amides is 3. The largest absolute Gasteiger partial charge is 0.497 e. The number of nitrogens with one attached hydrogen (secondary N) is 5. The zero-order valence-corrected chi connectivity index (χ0v) is 64.1. The molecule has 0 fully saturated rings.